The van der Waals surface area contributed by atoms with Crippen LogP contribution >= 0.6 is 7.82 Å². The van der Waals surface area contributed by atoms with Crippen molar-refractivity contribution in [3.63, 3.8) is 0 Å². The molecule has 0 aliphatic carbocycles. The molecule has 0 aromatic carbocycles. The van der Waals surface area contributed by atoms with Crippen molar-refractivity contribution >= 4 is 19.7 Å². The van der Waals surface area contributed by atoms with Gasteiger partial charge in [0.1, 0.15) is 19.3 Å². The van der Waals surface area contributed by atoms with Crippen molar-refractivity contribution in [1.82, 2.24) is 5.32 Å². The summed E-state index contributed by atoms with van der Waals surface area (Å²) in [6.07, 6.45) is 66.9. The van der Waals surface area contributed by atoms with Gasteiger partial charge in [0.05, 0.1) is 33.8 Å². The Labute approximate surface area is 444 Å². The summed E-state index contributed by atoms with van der Waals surface area (Å²) in [4.78, 5) is 39.9. The predicted octanol–water partition coefficient (Wildman–Crippen LogP) is 17.2. The largest absolute Gasteiger partial charge is 0.756 e. The Hall–Kier alpha value is -2.81. The fourth-order valence-corrected chi connectivity index (χ4v) is 8.74. The first-order chi connectivity index (χ1) is 34.9. The van der Waals surface area contributed by atoms with Crippen molar-refractivity contribution < 1.29 is 37.3 Å². The van der Waals surface area contributed by atoms with E-state index in [0.29, 0.717) is 23.9 Å². The summed E-state index contributed by atoms with van der Waals surface area (Å²) in [6.45, 7) is 6.66. The first kappa shape index (κ1) is 69.2. The van der Waals surface area contributed by atoms with E-state index < -0.39 is 26.6 Å². The molecule has 0 radical (unpaired) electrons. The van der Waals surface area contributed by atoms with Gasteiger partial charge in [-0.3, -0.25) is 14.2 Å². The Bertz CT molecular complexity index is 1510. The highest BCUT2D eigenvalue weighted by Crippen LogP contribution is 2.38. The van der Waals surface area contributed by atoms with E-state index in [1.165, 1.54) is 96.3 Å². The third kappa shape index (κ3) is 52.1. The van der Waals surface area contributed by atoms with Crippen molar-refractivity contribution in [1.29, 1.82) is 0 Å². The van der Waals surface area contributed by atoms with E-state index >= 15 is 0 Å². The highest BCUT2D eigenvalue weighted by molar-refractivity contribution is 7.45. The third-order valence-corrected chi connectivity index (χ3v) is 13.5. The fourth-order valence-electron chi connectivity index (χ4n) is 8.01. The van der Waals surface area contributed by atoms with Crippen molar-refractivity contribution in [2.75, 3.05) is 40.9 Å². The number of carbonyl (C=O) groups excluding carboxylic acids is 2. The lowest BCUT2D eigenvalue weighted by Gasteiger charge is -2.30. The topological polar surface area (TPSA) is 114 Å². The van der Waals surface area contributed by atoms with E-state index in [1.807, 2.05) is 33.3 Å². The monoisotopic (exact) mass is 1030 g/mol. The van der Waals surface area contributed by atoms with Crippen LogP contribution in [0.3, 0.4) is 0 Å². The van der Waals surface area contributed by atoms with E-state index in [1.54, 1.807) is 0 Å². The number of nitrogens with one attached hydrogen (secondary N) is 1. The number of phosphoric acid groups is 1. The van der Waals surface area contributed by atoms with Crippen molar-refractivity contribution in [2.45, 2.75) is 258 Å². The molecule has 0 aromatic heterocycles. The van der Waals surface area contributed by atoms with E-state index in [2.05, 4.69) is 99.0 Å². The highest BCUT2D eigenvalue weighted by atomic mass is 31.2. The summed E-state index contributed by atoms with van der Waals surface area (Å²) >= 11 is 0. The van der Waals surface area contributed by atoms with E-state index in [0.717, 1.165) is 109 Å². The molecule has 0 saturated heterocycles. The summed E-state index contributed by atoms with van der Waals surface area (Å²) in [5, 5.41) is 3.01. The molecule has 0 spiro atoms. The maximum Gasteiger partial charge on any atom is 0.306 e. The number of likely N-dealkylation sites (N-methyl/N-ethyl adjacent to an activating group) is 1. The number of phosphoric ester groups is 1. The molecule has 1 N–H and O–H groups in total. The lowest BCUT2D eigenvalue weighted by atomic mass is 10.0. The van der Waals surface area contributed by atoms with Gasteiger partial charge in [-0.1, -0.05) is 215 Å². The normalized spacial score (nSPS) is 14.4. The molecular weight excluding hydrogens is 916 g/mol. The number of hydrogen-bond acceptors (Lipinski definition) is 7. The first-order valence-electron chi connectivity index (χ1n) is 29.4. The van der Waals surface area contributed by atoms with Gasteiger partial charge in [-0.15, -0.1) is 0 Å². The molecular formula is C62H111N2O7P. The van der Waals surface area contributed by atoms with Gasteiger partial charge in [0.15, 0.2) is 0 Å². The molecule has 0 fully saturated rings. The zero-order valence-corrected chi connectivity index (χ0v) is 48.3. The number of unbranched alkanes of at least 4 members (excludes halogenated alkanes) is 24. The lowest BCUT2D eigenvalue weighted by Crippen LogP contribution is -2.47. The Morgan fingerprint density at radius 3 is 1.36 bits per heavy atom. The summed E-state index contributed by atoms with van der Waals surface area (Å²) < 4.78 is 30.2. The second-order valence-corrected chi connectivity index (χ2v) is 22.2. The van der Waals surface area contributed by atoms with E-state index in [4.69, 9.17) is 13.8 Å². The Morgan fingerprint density at radius 2 is 0.889 bits per heavy atom. The molecule has 0 bridgehead atoms. The van der Waals surface area contributed by atoms with Gasteiger partial charge in [-0.2, -0.15) is 0 Å². The van der Waals surface area contributed by atoms with Crippen LogP contribution in [0.4, 0.5) is 0 Å². The second kappa shape index (κ2) is 51.7. The maximum absolute atomic E-state index is 13.5. The number of carbonyl (C=O) groups is 2. The number of amides is 1. The maximum atomic E-state index is 13.5. The number of ether oxygens (including phenoxy) is 1. The fraction of sp³-hybridized carbons (Fsp3) is 0.742. The molecule has 10 heteroatoms. The van der Waals surface area contributed by atoms with Crippen LogP contribution < -0.4 is 10.2 Å². The zero-order chi connectivity index (χ0) is 52.9. The summed E-state index contributed by atoms with van der Waals surface area (Å²) in [5.74, 6) is -0.579. The quantitative estimate of drug-likeness (QED) is 0.0212. The standard InChI is InChI=1S/C62H111N2O7P/c1-7-10-13-16-19-22-25-27-29-30-31-32-33-34-35-36-39-42-45-48-51-54-61(65)63-59(58-70-72(67,68)69-57-56-64(4,5)6)60(53-50-47-44-41-38-24-21-18-15-12-9-3)71-62(66)55-52-49-46-43-40-37-28-26-23-20-17-14-11-8-2/h11,14,19-20,22-23,27-29,31-32,37,50,53,59-60H,7-10,12-13,15-18,21,24-26,30,33-36,38-49,51-52,54-58H2,1-6H3,(H-,63,65,67,68)/b14-11+,22-19-,23-20+,29-27-,32-31-,37-28+,53-50-. The Morgan fingerprint density at radius 1 is 0.500 bits per heavy atom. The molecule has 0 rings (SSSR count). The molecule has 72 heavy (non-hydrogen) atoms. The lowest BCUT2D eigenvalue weighted by molar-refractivity contribution is -0.870. The molecule has 9 nitrogen and oxygen atoms in total. The van der Waals surface area contributed by atoms with Gasteiger partial charge in [-0.25, -0.2) is 0 Å². The summed E-state index contributed by atoms with van der Waals surface area (Å²) in [6, 6.07) is -0.904. The summed E-state index contributed by atoms with van der Waals surface area (Å²) in [7, 11) is 1.16. The highest BCUT2D eigenvalue weighted by Gasteiger charge is 2.27. The molecule has 3 unspecified atom stereocenters. The predicted molar refractivity (Wildman–Crippen MR) is 307 cm³/mol. The van der Waals surface area contributed by atoms with Crippen LogP contribution in [0.15, 0.2) is 85.1 Å². The average molecular weight is 1030 g/mol. The number of nitrogens with zero attached hydrogens (tertiary/aromatic N) is 1. The van der Waals surface area contributed by atoms with Crippen LogP contribution in [0, 0.1) is 0 Å². The van der Waals surface area contributed by atoms with Crippen LogP contribution in [0.1, 0.15) is 245 Å². The minimum absolute atomic E-state index is 0.0313. The van der Waals surface area contributed by atoms with Crippen molar-refractivity contribution in [2.24, 2.45) is 0 Å². The van der Waals surface area contributed by atoms with Crippen LogP contribution in [-0.2, 0) is 27.9 Å². The molecule has 3 atom stereocenters. The molecule has 0 aliphatic heterocycles. The molecule has 416 valence electrons. The third-order valence-electron chi connectivity index (χ3n) is 12.6. The van der Waals surface area contributed by atoms with Crippen LogP contribution in [0.2, 0.25) is 0 Å². The SMILES string of the molecule is CC/C=C/C/C=C/C/C=C/CCCCCCC(=O)OC(/C=C\CCCCCCCCCCC)C(COP(=O)([O-])OCC[N+](C)(C)C)NC(=O)CCCCCCCCCC/C=C\C/C=C\C/C=C\CCCCC. The van der Waals surface area contributed by atoms with Crippen molar-refractivity contribution in [3.05, 3.63) is 85.1 Å². The number of quaternary nitrogens is 1. The first-order valence-corrected chi connectivity index (χ1v) is 30.9. The van der Waals surface area contributed by atoms with Gasteiger partial charge in [0.25, 0.3) is 7.82 Å². The van der Waals surface area contributed by atoms with Gasteiger partial charge in [0, 0.05) is 12.8 Å². The van der Waals surface area contributed by atoms with E-state index in [-0.39, 0.29) is 24.9 Å². The molecule has 0 aromatic rings. The number of hydrogen-bond donors (Lipinski definition) is 1. The van der Waals surface area contributed by atoms with Gasteiger partial charge < -0.3 is 28.5 Å². The minimum atomic E-state index is -4.70. The Kier molecular flexibility index (Phi) is 49.6. The number of esters is 1. The molecule has 0 aliphatic rings. The van der Waals surface area contributed by atoms with E-state index in [9.17, 15) is 19.0 Å². The van der Waals surface area contributed by atoms with Gasteiger partial charge in [-0.05, 0) is 102 Å². The van der Waals surface area contributed by atoms with Crippen LogP contribution in [-0.4, -0.2) is 69.4 Å². The Balaban J connectivity index is 5.28. The number of rotatable bonds is 52. The number of allylic oxidation sites excluding steroid dienone is 13. The van der Waals surface area contributed by atoms with Gasteiger partial charge >= 0.3 is 5.97 Å². The van der Waals surface area contributed by atoms with Gasteiger partial charge in [0.2, 0.25) is 5.91 Å². The molecule has 1 amide bonds. The molecule has 0 saturated carbocycles. The van der Waals surface area contributed by atoms with Crippen LogP contribution in [0.25, 0.3) is 0 Å². The molecule has 0 heterocycles. The van der Waals surface area contributed by atoms with Crippen LogP contribution in [0.5, 0.6) is 0 Å². The zero-order valence-electron chi connectivity index (χ0n) is 47.4. The second-order valence-electron chi connectivity index (χ2n) is 20.8. The summed E-state index contributed by atoms with van der Waals surface area (Å²) in [5.41, 5.74) is 0. The smallest absolute Gasteiger partial charge is 0.306 e. The van der Waals surface area contributed by atoms with Crippen molar-refractivity contribution in [3.8, 4) is 0 Å². The average Bonchev–Trinajstić information content (AvgIpc) is 3.34. The minimum Gasteiger partial charge on any atom is -0.756 e.